The molecule has 2 atom stereocenters. The normalized spacial score (nSPS) is 31.4. The molecule has 1 saturated carbocycles. The van der Waals surface area contributed by atoms with E-state index in [-0.39, 0.29) is 1.43 Å². The van der Waals surface area contributed by atoms with E-state index < -0.39 is 0 Å². The average molecular weight is 144 g/mol. The van der Waals surface area contributed by atoms with Gasteiger partial charge in [0, 0.05) is 13.3 Å². The fourth-order valence-electron chi connectivity index (χ4n) is 1.27. The molecule has 0 aromatic heterocycles. The molecule has 2 unspecified atom stereocenters. The van der Waals surface area contributed by atoms with Gasteiger partial charge in [-0.2, -0.15) is 0 Å². The number of carbonyl (C=O) groups is 1. The van der Waals surface area contributed by atoms with Crippen molar-refractivity contribution in [3.8, 4) is 0 Å². The van der Waals surface area contributed by atoms with Crippen molar-refractivity contribution in [2.75, 3.05) is 0 Å². The highest BCUT2D eigenvalue weighted by Gasteiger charge is 2.26. The lowest BCUT2D eigenvalue weighted by atomic mass is 10.1. The van der Waals surface area contributed by atoms with E-state index >= 15 is 0 Å². The molecule has 1 fully saturated rings. The minimum atomic E-state index is 0. The lowest BCUT2D eigenvalue weighted by Gasteiger charge is -1.96. The van der Waals surface area contributed by atoms with Crippen molar-refractivity contribution in [3.05, 3.63) is 0 Å². The molecule has 0 heterocycles. The topological polar surface area (TPSA) is 17.1 Å². The molecule has 1 nitrogen and oxygen atoms in total. The van der Waals surface area contributed by atoms with Crippen LogP contribution >= 0.6 is 0 Å². The number of hydrogen-bond donors (Lipinski definition) is 0. The Bertz CT molecular complexity index is 100. The Morgan fingerprint density at radius 3 is 1.60 bits per heavy atom. The third-order valence-corrected chi connectivity index (χ3v) is 2.00. The van der Waals surface area contributed by atoms with Gasteiger partial charge in [-0.1, -0.05) is 27.7 Å². The van der Waals surface area contributed by atoms with Crippen molar-refractivity contribution in [3.63, 3.8) is 0 Å². The summed E-state index contributed by atoms with van der Waals surface area (Å²) in [5, 5.41) is 0. The van der Waals surface area contributed by atoms with Crippen LogP contribution in [0.3, 0.4) is 0 Å². The van der Waals surface area contributed by atoms with Gasteiger partial charge in [-0.25, -0.2) is 0 Å². The van der Waals surface area contributed by atoms with Crippen molar-refractivity contribution in [2.24, 2.45) is 11.8 Å². The van der Waals surface area contributed by atoms with Gasteiger partial charge in [0.2, 0.25) is 0 Å². The van der Waals surface area contributed by atoms with Gasteiger partial charge in [0.1, 0.15) is 5.78 Å². The third-order valence-electron chi connectivity index (χ3n) is 2.00. The number of carbonyl (C=O) groups excluding carboxylic acids is 1. The van der Waals surface area contributed by atoms with Crippen LogP contribution < -0.4 is 0 Å². The molecule has 1 heteroatoms. The highest BCUT2D eigenvalue weighted by molar-refractivity contribution is 5.84. The predicted molar refractivity (Wildman–Crippen MR) is 46.0 cm³/mol. The summed E-state index contributed by atoms with van der Waals surface area (Å²) in [6.07, 6.45) is 2.22. The van der Waals surface area contributed by atoms with E-state index in [9.17, 15) is 4.79 Å². The number of Topliss-reactive ketones (excluding diaryl/α,β-unsaturated/α-hetero) is 1. The Hall–Kier alpha value is -0.330. The summed E-state index contributed by atoms with van der Waals surface area (Å²) in [6, 6.07) is 0. The quantitative estimate of drug-likeness (QED) is 0.511. The van der Waals surface area contributed by atoms with Crippen LogP contribution in [0.25, 0.3) is 0 Å². The zero-order valence-electron chi connectivity index (χ0n) is 7.48. The fraction of sp³-hybridized carbons (Fsp3) is 0.889. The summed E-state index contributed by atoms with van der Waals surface area (Å²) in [5.74, 6) is 1.17. The summed E-state index contributed by atoms with van der Waals surface area (Å²) < 4.78 is 0. The van der Waals surface area contributed by atoms with Gasteiger partial charge in [-0.3, -0.25) is 4.79 Å². The molecule has 0 radical (unpaired) electrons. The van der Waals surface area contributed by atoms with E-state index in [0.29, 0.717) is 17.6 Å². The van der Waals surface area contributed by atoms with Gasteiger partial charge >= 0.3 is 0 Å². The molecule has 1 aliphatic carbocycles. The molecule has 0 amide bonds. The van der Waals surface area contributed by atoms with Crippen LogP contribution in [0.1, 0.15) is 42.0 Å². The molecule has 10 heavy (non-hydrogen) atoms. The maximum absolute atomic E-state index is 10.9. The first-order valence-corrected chi connectivity index (χ1v) is 4.25. The summed E-state index contributed by atoms with van der Waals surface area (Å²) in [5.41, 5.74) is 0. The van der Waals surface area contributed by atoms with E-state index in [1.54, 1.807) is 0 Å². The van der Waals surface area contributed by atoms with Crippen molar-refractivity contribution in [2.45, 2.75) is 40.5 Å². The number of rotatable bonds is 0. The Morgan fingerprint density at radius 1 is 1.20 bits per heavy atom. The first-order valence-electron chi connectivity index (χ1n) is 4.25. The van der Waals surface area contributed by atoms with E-state index in [2.05, 4.69) is 0 Å². The maximum atomic E-state index is 10.9. The molecule has 1 rings (SSSR count). The summed E-state index contributed by atoms with van der Waals surface area (Å²) in [6.45, 7) is 8.04. The van der Waals surface area contributed by atoms with Crippen molar-refractivity contribution in [1.82, 2.24) is 0 Å². The van der Waals surface area contributed by atoms with Crippen molar-refractivity contribution < 1.29 is 6.22 Å². The smallest absolute Gasteiger partial charge is 0.138 e. The molecule has 0 aromatic carbocycles. The molecule has 1 aliphatic rings. The Balaban J connectivity index is 0. The van der Waals surface area contributed by atoms with Gasteiger partial charge in [-0.15, -0.1) is 0 Å². The maximum Gasteiger partial charge on any atom is 0.138 e. The van der Waals surface area contributed by atoms with Crippen molar-refractivity contribution >= 4 is 5.78 Å². The lowest BCUT2D eigenvalue weighted by Crippen LogP contribution is -2.07. The van der Waals surface area contributed by atoms with Crippen LogP contribution in [0.15, 0.2) is 0 Å². The SMILES string of the molecule is CC.CC1CCC(C)C1=O.[HH]. The first kappa shape index (κ1) is 9.67. The molecule has 0 spiro atoms. The van der Waals surface area contributed by atoms with Crippen molar-refractivity contribution in [1.29, 1.82) is 0 Å². The van der Waals surface area contributed by atoms with Crippen LogP contribution in [0.4, 0.5) is 0 Å². The van der Waals surface area contributed by atoms with Crippen LogP contribution in [0.5, 0.6) is 0 Å². The highest BCUT2D eigenvalue weighted by Crippen LogP contribution is 2.25. The largest absolute Gasteiger partial charge is 0.299 e. The molecule has 0 saturated heterocycles. The third kappa shape index (κ3) is 2.13. The summed E-state index contributed by atoms with van der Waals surface area (Å²) in [7, 11) is 0. The zero-order chi connectivity index (χ0) is 8.15. The van der Waals surface area contributed by atoms with Gasteiger partial charge in [0.15, 0.2) is 0 Å². The minimum absolute atomic E-state index is 0. The fourth-order valence-corrected chi connectivity index (χ4v) is 1.27. The van der Waals surface area contributed by atoms with E-state index in [1.165, 1.54) is 0 Å². The second-order valence-electron chi connectivity index (χ2n) is 2.78. The van der Waals surface area contributed by atoms with E-state index in [4.69, 9.17) is 0 Å². The number of ketones is 1. The minimum Gasteiger partial charge on any atom is -0.299 e. The molecule has 0 N–H and O–H groups in total. The monoisotopic (exact) mass is 144 g/mol. The van der Waals surface area contributed by atoms with Crippen LogP contribution in [0.2, 0.25) is 0 Å². The van der Waals surface area contributed by atoms with E-state index in [0.717, 1.165) is 12.8 Å². The summed E-state index contributed by atoms with van der Waals surface area (Å²) >= 11 is 0. The molecule has 0 aliphatic heterocycles. The Kier molecular flexibility index (Phi) is 4.33. The van der Waals surface area contributed by atoms with Gasteiger partial charge in [0.25, 0.3) is 0 Å². The number of hydrogen-bond acceptors (Lipinski definition) is 1. The standard InChI is InChI=1S/C7H12O.C2H6.H2/c1-5-3-4-6(2)7(5)8;1-2;/h5-6H,3-4H2,1-2H3;1-2H3;1H. The molecule has 62 valence electrons. The van der Waals surface area contributed by atoms with Crippen LogP contribution in [-0.4, -0.2) is 5.78 Å². The molecule has 0 bridgehead atoms. The second kappa shape index (κ2) is 4.48. The molecule has 0 aromatic rings. The summed E-state index contributed by atoms with van der Waals surface area (Å²) in [4.78, 5) is 10.9. The Labute approximate surface area is 65.3 Å². The Morgan fingerprint density at radius 2 is 1.50 bits per heavy atom. The van der Waals surface area contributed by atoms with Gasteiger partial charge in [0.05, 0.1) is 0 Å². The second-order valence-corrected chi connectivity index (χ2v) is 2.78. The lowest BCUT2D eigenvalue weighted by molar-refractivity contribution is -0.122. The average Bonchev–Trinajstić information content (AvgIpc) is 2.25. The van der Waals surface area contributed by atoms with Crippen LogP contribution in [0, 0.1) is 11.8 Å². The first-order chi connectivity index (χ1) is 4.72. The van der Waals surface area contributed by atoms with Crippen LogP contribution in [-0.2, 0) is 4.79 Å². The predicted octanol–water partition coefficient (Wildman–Crippen LogP) is 2.89. The molecular weight excluding hydrogens is 124 g/mol. The van der Waals surface area contributed by atoms with Gasteiger partial charge < -0.3 is 0 Å². The zero-order valence-corrected chi connectivity index (χ0v) is 7.48. The van der Waals surface area contributed by atoms with Gasteiger partial charge in [-0.05, 0) is 12.8 Å². The highest BCUT2D eigenvalue weighted by atomic mass is 16.1. The van der Waals surface area contributed by atoms with E-state index in [1.807, 2.05) is 27.7 Å². The molecular formula is C9H20O.